The largest absolute Gasteiger partial charge is 0.310 e. The fourth-order valence-electron chi connectivity index (χ4n) is 2.23. The van der Waals surface area contributed by atoms with Gasteiger partial charge in [0.1, 0.15) is 0 Å². The quantitative estimate of drug-likeness (QED) is 0.742. The average Bonchev–Trinajstić information content (AvgIpc) is 3.10. The van der Waals surface area contributed by atoms with Gasteiger partial charge < -0.3 is 5.32 Å². The van der Waals surface area contributed by atoms with Gasteiger partial charge in [0.15, 0.2) is 0 Å². The van der Waals surface area contributed by atoms with E-state index in [9.17, 15) is 0 Å². The number of hydrogen-bond donors (Lipinski definition) is 1. The van der Waals surface area contributed by atoms with Crippen molar-refractivity contribution in [3.05, 3.63) is 47.5 Å². The number of nitrogens with one attached hydrogen (secondary N) is 1. The summed E-state index contributed by atoms with van der Waals surface area (Å²) in [6.07, 6.45) is 2.69. The van der Waals surface area contributed by atoms with E-state index in [0.29, 0.717) is 0 Å². The Morgan fingerprint density at radius 3 is 2.61 bits per heavy atom. The van der Waals surface area contributed by atoms with Crippen LogP contribution in [0.25, 0.3) is 0 Å². The fraction of sp³-hybridized carbons (Fsp3) is 0.500. The Labute approximate surface area is 111 Å². The zero-order chi connectivity index (χ0) is 13.0. The molecule has 0 aromatic heterocycles. The molecule has 1 aliphatic carbocycles. The van der Waals surface area contributed by atoms with Crippen LogP contribution < -0.4 is 5.32 Å². The second-order valence-electron chi connectivity index (χ2n) is 5.55. The van der Waals surface area contributed by atoms with Crippen LogP contribution in [0.5, 0.6) is 0 Å². The third-order valence-corrected chi connectivity index (χ3v) is 3.26. The van der Waals surface area contributed by atoms with Crippen LogP contribution >= 0.6 is 0 Å². The first kappa shape index (κ1) is 13.3. The topological polar surface area (TPSA) is 15.3 Å². The van der Waals surface area contributed by atoms with Gasteiger partial charge in [-0.2, -0.15) is 0 Å². The zero-order valence-electron chi connectivity index (χ0n) is 11.6. The van der Waals surface area contributed by atoms with Crippen molar-refractivity contribution < 1.29 is 0 Å². The predicted molar refractivity (Wildman–Crippen MR) is 77.5 cm³/mol. The predicted octanol–water partition coefficient (Wildman–Crippen LogP) is 2.95. The van der Waals surface area contributed by atoms with Crippen molar-refractivity contribution in [2.24, 2.45) is 0 Å². The van der Waals surface area contributed by atoms with E-state index in [1.165, 1.54) is 29.5 Å². The number of nitrogens with zero attached hydrogens (tertiary/aromatic N) is 1. The van der Waals surface area contributed by atoms with E-state index in [1.807, 2.05) is 0 Å². The second-order valence-corrected chi connectivity index (χ2v) is 5.55. The zero-order valence-corrected chi connectivity index (χ0v) is 11.6. The van der Waals surface area contributed by atoms with Gasteiger partial charge in [0.2, 0.25) is 0 Å². The molecule has 0 amide bonds. The number of hydrogen-bond acceptors (Lipinski definition) is 2. The van der Waals surface area contributed by atoms with Crippen molar-refractivity contribution in [2.75, 3.05) is 13.6 Å². The van der Waals surface area contributed by atoms with Crippen molar-refractivity contribution in [3.63, 3.8) is 0 Å². The number of rotatable bonds is 7. The Hall–Kier alpha value is -1.12. The van der Waals surface area contributed by atoms with Gasteiger partial charge >= 0.3 is 0 Å². The van der Waals surface area contributed by atoms with Crippen molar-refractivity contribution in [1.29, 1.82) is 0 Å². The van der Waals surface area contributed by atoms with Crippen LogP contribution in [0.2, 0.25) is 0 Å². The minimum atomic E-state index is 0.770. The standard InChI is InChI=1S/C16H24N2/c1-13(2)11-18(3)12-15-7-5-4-6-14(15)10-17-16-8-9-16/h4-7,16-17H,1,8-12H2,2-3H3. The van der Waals surface area contributed by atoms with Crippen molar-refractivity contribution in [2.45, 2.75) is 38.9 Å². The molecule has 0 atom stereocenters. The summed E-state index contributed by atoms with van der Waals surface area (Å²) in [5, 5.41) is 3.59. The molecule has 1 aliphatic rings. The molecule has 0 spiro atoms. The molecular weight excluding hydrogens is 220 g/mol. The van der Waals surface area contributed by atoms with Crippen molar-refractivity contribution >= 4 is 0 Å². The third-order valence-electron chi connectivity index (χ3n) is 3.26. The van der Waals surface area contributed by atoms with E-state index in [2.05, 4.69) is 55.0 Å². The monoisotopic (exact) mass is 244 g/mol. The van der Waals surface area contributed by atoms with Gasteiger partial charge in [-0.25, -0.2) is 0 Å². The van der Waals surface area contributed by atoms with Crippen LogP contribution in [0.4, 0.5) is 0 Å². The minimum Gasteiger partial charge on any atom is -0.310 e. The third kappa shape index (κ3) is 4.28. The average molecular weight is 244 g/mol. The van der Waals surface area contributed by atoms with E-state index in [4.69, 9.17) is 0 Å². The highest BCUT2D eigenvalue weighted by Gasteiger charge is 2.20. The van der Waals surface area contributed by atoms with E-state index >= 15 is 0 Å². The fourth-order valence-corrected chi connectivity index (χ4v) is 2.23. The molecule has 2 rings (SSSR count). The summed E-state index contributed by atoms with van der Waals surface area (Å²) in [6.45, 7) is 9.01. The van der Waals surface area contributed by atoms with E-state index in [1.54, 1.807) is 0 Å². The summed E-state index contributed by atoms with van der Waals surface area (Å²) in [7, 11) is 2.15. The molecule has 0 unspecified atom stereocenters. The van der Waals surface area contributed by atoms with Crippen molar-refractivity contribution in [1.82, 2.24) is 10.2 Å². The molecule has 1 aromatic rings. The molecule has 2 nitrogen and oxygen atoms in total. The van der Waals surface area contributed by atoms with Gasteiger partial charge in [0, 0.05) is 25.7 Å². The normalized spacial score (nSPS) is 15.1. The maximum atomic E-state index is 3.97. The molecule has 1 aromatic carbocycles. The summed E-state index contributed by atoms with van der Waals surface area (Å²) in [4.78, 5) is 2.32. The summed E-state index contributed by atoms with van der Waals surface area (Å²) >= 11 is 0. The molecule has 18 heavy (non-hydrogen) atoms. The first-order valence-corrected chi connectivity index (χ1v) is 6.78. The first-order chi connectivity index (χ1) is 8.65. The number of benzene rings is 1. The van der Waals surface area contributed by atoms with Crippen LogP contribution in [0.1, 0.15) is 30.9 Å². The van der Waals surface area contributed by atoms with Gasteiger partial charge in [-0.1, -0.05) is 36.4 Å². The summed E-state index contributed by atoms with van der Waals surface area (Å²) in [5.41, 5.74) is 4.07. The van der Waals surface area contributed by atoms with Crippen molar-refractivity contribution in [3.8, 4) is 0 Å². The molecule has 1 N–H and O–H groups in total. The Morgan fingerprint density at radius 2 is 2.00 bits per heavy atom. The lowest BCUT2D eigenvalue weighted by Crippen LogP contribution is -2.22. The van der Waals surface area contributed by atoms with Crippen LogP contribution in [0.3, 0.4) is 0 Å². The van der Waals surface area contributed by atoms with Gasteiger partial charge in [0.05, 0.1) is 0 Å². The molecule has 98 valence electrons. The maximum absolute atomic E-state index is 3.97. The van der Waals surface area contributed by atoms with Crippen LogP contribution in [0, 0.1) is 0 Å². The van der Waals surface area contributed by atoms with Crippen LogP contribution in [0.15, 0.2) is 36.4 Å². The van der Waals surface area contributed by atoms with Gasteiger partial charge in [-0.3, -0.25) is 4.90 Å². The minimum absolute atomic E-state index is 0.770. The highest BCUT2D eigenvalue weighted by Crippen LogP contribution is 2.20. The maximum Gasteiger partial charge on any atom is 0.0237 e. The lowest BCUT2D eigenvalue weighted by atomic mass is 10.1. The summed E-state index contributed by atoms with van der Waals surface area (Å²) in [5.74, 6) is 0. The highest BCUT2D eigenvalue weighted by atomic mass is 15.1. The molecule has 1 saturated carbocycles. The molecule has 0 heterocycles. The van der Waals surface area contributed by atoms with Gasteiger partial charge in [0.25, 0.3) is 0 Å². The molecule has 0 bridgehead atoms. The Balaban J connectivity index is 1.94. The summed E-state index contributed by atoms with van der Waals surface area (Å²) in [6, 6.07) is 9.50. The van der Waals surface area contributed by atoms with Crippen LogP contribution in [-0.2, 0) is 13.1 Å². The van der Waals surface area contributed by atoms with Gasteiger partial charge in [-0.05, 0) is 37.9 Å². The van der Waals surface area contributed by atoms with Crippen LogP contribution in [-0.4, -0.2) is 24.5 Å². The molecule has 2 heteroatoms. The van der Waals surface area contributed by atoms with E-state index in [0.717, 1.165) is 25.7 Å². The molecule has 1 fully saturated rings. The molecule has 0 aliphatic heterocycles. The Kier molecular flexibility index (Phi) is 4.56. The second kappa shape index (κ2) is 6.17. The summed E-state index contributed by atoms with van der Waals surface area (Å²) < 4.78 is 0. The van der Waals surface area contributed by atoms with E-state index < -0.39 is 0 Å². The Morgan fingerprint density at radius 1 is 1.33 bits per heavy atom. The van der Waals surface area contributed by atoms with E-state index in [-0.39, 0.29) is 0 Å². The lowest BCUT2D eigenvalue weighted by Gasteiger charge is -2.19. The molecular formula is C16H24N2. The molecule has 0 saturated heterocycles. The lowest BCUT2D eigenvalue weighted by molar-refractivity contribution is 0.354. The smallest absolute Gasteiger partial charge is 0.0237 e. The number of likely N-dealkylation sites (N-methyl/N-ethyl adjacent to an activating group) is 1. The van der Waals surface area contributed by atoms with Gasteiger partial charge in [-0.15, -0.1) is 0 Å². The Bertz CT molecular complexity index is 407. The molecule has 0 radical (unpaired) electrons. The highest BCUT2D eigenvalue weighted by molar-refractivity contribution is 5.27. The SMILES string of the molecule is C=C(C)CN(C)Cc1ccccc1CNC1CC1. The first-order valence-electron chi connectivity index (χ1n) is 6.78.